The summed E-state index contributed by atoms with van der Waals surface area (Å²) in [5.41, 5.74) is 8.13. The summed E-state index contributed by atoms with van der Waals surface area (Å²) in [6, 6.07) is 15.0. The van der Waals surface area contributed by atoms with Gasteiger partial charge in [0.1, 0.15) is 5.75 Å². The molecular weight excluding hydrogens is 316 g/mol. The van der Waals surface area contributed by atoms with Gasteiger partial charge in [0.25, 0.3) is 5.91 Å². The van der Waals surface area contributed by atoms with Gasteiger partial charge in [-0.2, -0.15) is 0 Å². The Hall–Kier alpha value is -2.82. The number of nitrogens with one attached hydrogen (secondary N) is 1. The molecule has 3 rings (SSSR count). The highest BCUT2D eigenvalue weighted by molar-refractivity contribution is 5.95. The van der Waals surface area contributed by atoms with Gasteiger partial charge in [-0.25, -0.2) is 0 Å². The van der Waals surface area contributed by atoms with Gasteiger partial charge in [0.2, 0.25) is 5.91 Å². The second-order valence-corrected chi connectivity index (χ2v) is 6.38. The van der Waals surface area contributed by atoms with E-state index in [2.05, 4.69) is 24.4 Å². The molecule has 2 aromatic rings. The maximum atomic E-state index is 12.3. The fraction of sp³-hybridized carbons (Fsp3) is 0.300. The van der Waals surface area contributed by atoms with Crippen molar-refractivity contribution in [2.75, 3.05) is 6.61 Å². The van der Waals surface area contributed by atoms with Crippen molar-refractivity contribution >= 4 is 11.8 Å². The van der Waals surface area contributed by atoms with Gasteiger partial charge in [0.05, 0.1) is 24.6 Å². The zero-order chi connectivity index (χ0) is 17.8. The third-order valence-corrected chi connectivity index (χ3v) is 4.56. The molecule has 1 aliphatic carbocycles. The fourth-order valence-electron chi connectivity index (χ4n) is 3.31. The highest BCUT2D eigenvalue weighted by atomic mass is 16.5. The van der Waals surface area contributed by atoms with E-state index in [1.54, 1.807) is 24.3 Å². The van der Waals surface area contributed by atoms with Crippen LogP contribution in [-0.2, 0) is 11.2 Å². The maximum Gasteiger partial charge on any atom is 0.252 e. The van der Waals surface area contributed by atoms with E-state index in [4.69, 9.17) is 10.5 Å². The smallest absolute Gasteiger partial charge is 0.252 e. The van der Waals surface area contributed by atoms with Crippen LogP contribution in [0.4, 0.5) is 0 Å². The third-order valence-electron chi connectivity index (χ3n) is 4.56. The first-order chi connectivity index (χ1) is 12.1. The number of amides is 2. The summed E-state index contributed by atoms with van der Waals surface area (Å²) in [5.74, 6) is 0.168. The first-order valence-corrected chi connectivity index (χ1v) is 8.45. The number of primary amides is 1. The third kappa shape index (κ3) is 3.82. The molecule has 0 saturated carbocycles. The zero-order valence-corrected chi connectivity index (χ0v) is 14.2. The molecule has 2 amide bonds. The SMILES string of the molecule is C[C@@H]1Cc2ccccc2[C@H]1NC(=O)CCOc1ccccc1C(N)=O. The lowest BCUT2D eigenvalue weighted by Gasteiger charge is -2.19. The normalized spacial score (nSPS) is 18.4. The van der Waals surface area contributed by atoms with Gasteiger partial charge in [-0.3, -0.25) is 9.59 Å². The molecular formula is C20H22N2O3. The molecule has 2 aromatic carbocycles. The van der Waals surface area contributed by atoms with Crippen molar-refractivity contribution in [2.45, 2.75) is 25.8 Å². The Morgan fingerprint density at radius 3 is 2.68 bits per heavy atom. The molecule has 0 aromatic heterocycles. The van der Waals surface area contributed by atoms with Crippen LogP contribution < -0.4 is 15.8 Å². The Kier molecular flexibility index (Phi) is 5.03. The van der Waals surface area contributed by atoms with Crippen molar-refractivity contribution < 1.29 is 14.3 Å². The van der Waals surface area contributed by atoms with Crippen LogP contribution >= 0.6 is 0 Å². The van der Waals surface area contributed by atoms with E-state index in [1.165, 1.54) is 11.1 Å². The number of ether oxygens (including phenoxy) is 1. The molecule has 0 saturated heterocycles. The fourth-order valence-corrected chi connectivity index (χ4v) is 3.31. The Balaban J connectivity index is 1.55. The number of rotatable bonds is 6. The van der Waals surface area contributed by atoms with Crippen LogP contribution in [0, 0.1) is 5.92 Å². The van der Waals surface area contributed by atoms with Gasteiger partial charge in [0.15, 0.2) is 0 Å². The lowest BCUT2D eigenvalue weighted by molar-refractivity contribution is -0.122. The standard InChI is InChI=1S/C20H22N2O3/c1-13-12-14-6-2-3-7-15(14)19(13)22-18(23)10-11-25-17-9-5-4-8-16(17)20(21)24/h2-9,13,19H,10-12H2,1H3,(H2,21,24)(H,22,23)/t13-,19+/m1/s1. The van der Waals surface area contributed by atoms with Gasteiger partial charge in [-0.1, -0.05) is 43.3 Å². The molecule has 3 N–H and O–H groups in total. The summed E-state index contributed by atoms with van der Waals surface area (Å²) >= 11 is 0. The summed E-state index contributed by atoms with van der Waals surface area (Å²) < 4.78 is 5.57. The van der Waals surface area contributed by atoms with Crippen molar-refractivity contribution in [1.29, 1.82) is 0 Å². The van der Waals surface area contributed by atoms with Gasteiger partial charge in [0, 0.05) is 0 Å². The lowest BCUT2D eigenvalue weighted by Crippen LogP contribution is -2.31. The van der Waals surface area contributed by atoms with Crippen LogP contribution in [0.25, 0.3) is 0 Å². The van der Waals surface area contributed by atoms with Crippen molar-refractivity contribution in [2.24, 2.45) is 11.7 Å². The van der Waals surface area contributed by atoms with Gasteiger partial charge in [-0.05, 0) is 35.6 Å². The molecule has 5 heteroatoms. The molecule has 0 spiro atoms. The number of fused-ring (bicyclic) bond motifs is 1. The Bertz CT molecular complexity index is 788. The molecule has 5 nitrogen and oxygen atoms in total. The predicted molar refractivity (Wildman–Crippen MR) is 95.3 cm³/mol. The number of nitrogens with two attached hydrogens (primary N) is 1. The monoisotopic (exact) mass is 338 g/mol. The molecule has 0 bridgehead atoms. The van der Waals surface area contributed by atoms with E-state index in [-0.39, 0.29) is 25.0 Å². The number of carbonyl (C=O) groups excluding carboxylic acids is 2. The predicted octanol–water partition coefficient (Wildman–Crippen LogP) is 2.60. The lowest BCUT2D eigenvalue weighted by atomic mass is 10.0. The van der Waals surface area contributed by atoms with Crippen LogP contribution in [0.2, 0.25) is 0 Å². The maximum absolute atomic E-state index is 12.3. The molecule has 2 atom stereocenters. The minimum Gasteiger partial charge on any atom is -0.492 e. The average Bonchev–Trinajstić information content (AvgIpc) is 2.91. The quantitative estimate of drug-likeness (QED) is 0.849. The van der Waals surface area contributed by atoms with Crippen LogP contribution in [0.5, 0.6) is 5.75 Å². The summed E-state index contributed by atoms with van der Waals surface area (Å²) in [6.45, 7) is 2.34. The van der Waals surface area contributed by atoms with E-state index in [9.17, 15) is 9.59 Å². The highest BCUT2D eigenvalue weighted by Gasteiger charge is 2.29. The summed E-state index contributed by atoms with van der Waals surface area (Å²) in [5, 5.41) is 3.10. The minimum absolute atomic E-state index is 0.0432. The summed E-state index contributed by atoms with van der Waals surface area (Å²) in [7, 11) is 0. The first kappa shape index (κ1) is 17.0. The average molecular weight is 338 g/mol. The largest absolute Gasteiger partial charge is 0.492 e. The van der Waals surface area contributed by atoms with Gasteiger partial charge in [-0.15, -0.1) is 0 Å². The number of hydrogen-bond donors (Lipinski definition) is 2. The van der Waals surface area contributed by atoms with Crippen LogP contribution in [0.1, 0.15) is 40.9 Å². The van der Waals surface area contributed by atoms with Crippen molar-refractivity contribution in [3.8, 4) is 5.75 Å². The Morgan fingerprint density at radius 2 is 1.88 bits per heavy atom. The van der Waals surface area contributed by atoms with E-state index < -0.39 is 5.91 Å². The summed E-state index contributed by atoms with van der Waals surface area (Å²) in [4.78, 5) is 23.6. The minimum atomic E-state index is -0.545. The first-order valence-electron chi connectivity index (χ1n) is 8.45. The number of carbonyl (C=O) groups is 2. The molecule has 25 heavy (non-hydrogen) atoms. The summed E-state index contributed by atoms with van der Waals surface area (Å²) in [6.07, 6.45) is 1.20. The van der Waals surface area contributed by atoms with E-state index in [1.807, 2.05) is 12.1 Å². The highest BCUT2D eigenvalue weighted by Crippen LogP contribution is 2.35. The van der Waals surface area contributed by atoms with E-state index in [0.717, 1.165) is 6.42 Å². The van der Waals surface area contributed by atoms with Gasteiger partial charge < -0.3 is 15.8 Å². The molecule has 0 fully saturated rings. The molecule has 0 radical (unpaired) electrons. The molecule has 0 unspecified atom stereocenters. The second kappa shape index (κ2) is 7.38. The number of para-hydroxylation sites is 1. The molecule has 0 heterocycles. The molecule has 0 aliphatic heterocycles. The number of benzene rings is 2. The van der Waals surface area contributed by atoms with Gasteiger partial charge >= 0.3 is 0 Å². The van der Waals surface area contributed by atoms with Crippen molar-refractivity contribution in [3.05, 3.63) is 65.2 Å². The van der Waals surface area contributed by atoms with E-state index in [0.29, 0.717) is 17.2 Å². The van der Waals surface area contributed by atoms with Crippen LogP contribution in [0.15, 0.2) is 48.5 Å². The topological polar surface area (TPSA) is 81.4 Å². The Morgan fingerprint density at radius 1 is 1.16 bits per heavy atom. The molecule has 130 valence electrons. The van der Waals surface area contributed by atoms with Crippen molar-refractivity contribution in [1.82, 2.24) is 5.32 Å². The second-order valence-electron chi connectivity index (χ2n) is 6.38. The van der Waals surface area contributed by atoms with E-state index >= 15 is 0 Å². The Labute approximate surface area is 147 Å². The van der Waals surface area contributed by atoms with Crippen molar-refractivity contribution in [3.63, 3.8) is 0 Å². The van der Waals surface area contributed by atoms with Crippen LogP contribution in [-0.4, -0.2) is 18.4 Å². The zero-order valence-electron chi connectivity index (χ0n) is 14.2. The molecule has 1 aliphatic rings. The number of hydrogen-bond acceptors (Lipinski definition) is 3. The van der Waals surface area contributed by atoms with Crippen LogP contribution in [0.3, 0.4) is 0 Å².